The Hall–Kier alpha value is -7.70. The van der Waals surface area contributed by atoms with Gasteiger partial charge in [-0.3, -0.25) is 38.8 Å². The third-order valence-corrected chi connectivity index (χ3v) is 19.4. The molecule has 3 aromatic heterocycles. The Morgan fingerprint density at radius 1 is 0.859 bits per heavy atom. The topological polar surface area (TPSA) is 190 Å². The normalized spacial score (nSPS) is 24.4. The summed E-state index contributed by atoms with van der Waals surface area (Å²) in [7, 11) is 1.73. The molecule has 446 valence electrons. The molecule has 0 radical (unpaired) electrons. The minimum atomic E-state index is -0.725. The fourth-order valence-corrected chi connectivity index (χ4v) is 15.2. The van der Waals surface area contributed by atoms with Crippen LogP contribution in [0.5, 0.6) is 6.01 Å². The molecule has 4 amide bonds. The second-order valence-electron chi connectivity index (χ2n) is 25.6. The molecule has 21 heteroatoms. The van der Waals surface area contributed by atoms with Crippen molar-refractivity contribution in [1.82, 2.24) is 49.0 Å². The number of carbonyl (C=O) groups is 4. The minimum Gasteiger partial charge on any atom is -0.461 e. The number of nitrogens with zero attached hydrogens (tertiary/aromatic N) is 10. The van der Waals surface area contributed by atoms with E-state index in [0.29, 0.717) is 77.6 Å². The zero-order valence-electron chi connectivity index (χ0n) is 48.8. The van der Waals surface area contributed by atoms with Crippen LogP contribution in [-0.4, -0.2) is 162 Å². The van der Waals surface area contributed by atoms with E-state index < -0.39 is 29.2 Å². The first-order valence-corrected chi connectivity index (χ1v) is 30.3. The highest BCUT2D eigenvalue weighted by Gasteiger charge is 2.51. The van der Waals surface area contributed by atoms with Gasteiger partial charge in [0.05, 0.1) is 39.6 Å². The zero-order chi connectivity index (χ0) is 59.1. The summed E-state index contributed by atoms with van der Waals surface area (Å²) < 4.78 is 54.4. The summed E-state index contributed by atoms with van der Waals surface area (Å²) >= 11 is 0. The number of aryl methyl sites for hydroxylation is 1. The molecule has 3 unspecified atom stereocenters. The van der Waals surface area contributed by atoms with Gasteiger partial charge in [-0.05, 0) is 153 Å². The highest BCUT2D eigenvalue weighted by Crippen LogP contribution is 2.44. The Morgan fingerprint density at radius 3 is 2.38 bits per heavy atom. The first-order chi connectivity index (χ1) is 40.9. The summed E-state index contributed by atoms with van der Waals surface area (Å²) in [5.74, 6) is 1.33. The molecule has 0 aliphatic carbocycles. The highest BCUT2D eigenvalue weighted by atomic mass is 19.1. The molecular formula is C64H73F2N11O8. The van der Waals surface area contributed by atoms with Crippen molar-refractivity contribution in [3.63, 3.8) is 0 Å². The van der Waals surface area contributed by atoms with E-state index in [2.05, 4.69) is 43.1 Å². The van der Waals surface area contributed by atoms with Gasteiger partial charge in [-0.2, -0.15) is 9.97 Å². The van der Waals surface area contributed by atoms with Crippen molar-refractivity contribution in [3.8, 4) is 29.6 Å². The fraction of sp³-hybridized carbons (Fsp3) is 0.531. The number of halogens is 2. The number of hydrogen-bond acceptors (Lipinski definition) is 14. The number of fused-ring (bicyclic) bond motifs is 6. The van der Waals surface area contributed by atoms with Crippen LogP contribution in [0.25, 0.3) is 44.0 Å². The molecule has 0 spiro atoms. The van der Waals surface area contributed by atoms with Crippen molar-refractivity contribution in [2.24, 2.45) is 13.0 Å². The van der Waals surface area contributed by atoms with E-state index in [1.807, 2.05) is 36.6 Å². The second-order valence-corrected chi connectivity index (χ2v) is 25.6. The van der Waals surface area contributed by atoms with Crippen LogP contribution in [0.4, 0.5) is 24.2 Å². The lowest BCUT2D eigenvalue weighted by atomic mass is 9.88. The van der Waals surface area contributed by atoms with Crippen LogP contribution < -0.4 is 20.6 Å². The number of piperazine rings is 1. The fourth-order valence-electron chi connectivity index (χ4n) is 15.2. The van der Waals surface area contributed by atoms with E-state index in [1.165, 1.54) is 10.6 Å². The van der Waals surface area contributed by atoms with Crippen LogP contribution in [-0.2, 0) is 32.5 Å². The first-order valence-electron chi connectivity index (χ1n) is 30.3. The molecule has 0 saturated carbocycles. The van der Waals surface area contributed by atoms with Gasteiger partial charge < -0.3 is 28.9 Å². The molecule has 13 rings (SSSR count). The van der Waals surface area contributed by atoms with Gasteiger partial charge >= 0.3 is 23.9 Å². The maximum atomic E-state index is 17.5. The molecule has 6 aromatic rings. The number of terminal acetylenes is 1. The lowest BCUT2D eigenvalue weighted by molar-refractivity contribution is -0.135. The smallest absolute Gasteiger partial charge is 0.410 e. The molecule has 7 saturated heterocycles. The van der Waals surface area contributed by atoms with Crippen LogP contribution in [0, 0.1) is 29.9 Å². The van der Waals surface area contributed by atoms with Crippen molar-refractivity contribution in [3.05, 3.63) is 88.0 Å². The number of hydrogen-bond donors (Lipinski definition) is 1. The molecule has 7 fully saturated rings. The molecule has 10 heterocycles. The SMILES string of the molecule is C#Cc1c(F)ccc2cccc(-c3ncc4c(N5CC6CCC(C5)N6C(=O)OC(C)(C)C)nc(OC[C@@]56CCCN5[C@H](COC(=O)N5CCC(N7CCC(Cc8ccc9c(c8)n(C)c(=O)n9C8CCC(=O)NC8=O)CC7)CC5)CC6)nc4c3F)c12. The number of imidazole rings is 1. The van der Waals surface area contributed by atoms with Gasteiger partial charge in [-0.15, -0.1) is 6.42 Å². The van der Waals surface area contributed by atoms with E-state index in [4.69, 9.17) is 30.6 Å². The van der Waals surface area contributed by atoms with Gasteiger partial charge in [0, 0.05) is 68.9 Å². The summed E-state index contributed by atoms with van der Waals surface area (Å²) in [6, 6.07) is 13.6. The van der Waals surface area contributed by atoms with Crippen molar-refractivity contribution in [2.45, 2.75) is 146 Å². The lowest BCUT2D eigenvalue weighted by Crippen LogP contribution is -2.57. The number of anilines is 1. The molecule has 19 nitrogen and oxygen atoms in total. The van der Waals surface area contributed by atoms with Crippen molar-refractivity contribution >= 4 is 62.5 Å². The largest absolute Gasteiger partial charge is 0.461 e. The van der Waals surface area contributed by atoms with Gasteiger partial charge in [0.2, 0.25) is 11.8 Å². The molecule has 1 N–H and O–H groups in total. The summed E-state index contributed by atoms with van der Waals surface area (Å²) in [4.78, 5) is 90.3. The number of piperidine rings is 3. The number of nitrogens with one attached hydrogen (secondary N) is 1. The van der Waals surface area contributed by atoms with E-state index in [9.17, 15) is 24.0 Å². The third kappa shape index (κ3) is 10.5. The number of amides is 4. The van der Waals surface area contributed by atoms with Crippen LogP contribution in [0.3, 0.4) is 0 Å². The van der Waals surface area contributed by atoms with Crippen molar-refractivity contribution < 1.29 is 42.2 Å². The predicted molar refractivity (Wildman–Crippen MR) is 315 cm³/mol. The van der Waals surface area contributed by atoms with E-state index in [-0.39, 0.29) is 89.9 Å². The van der Waals surface area contributed by atoms with Crippen LogP contribution in [0.15, 0.2) is 59.5 Å². The quantitative estimate of drug-likeness (QED) is 0.0964. The van der Waals surface area contributed by atoms with Gasteiger partial charge in [-0.25, -0.2) is 23.2 Å². The number of benzene rings is 3. The standard InChI is InChI=1S/C64H73F2N11O8/c1-6-45-48(65)15-12-40-9-7-10-46(53(40)45)55-54(66)56-47(33-67-55)57(74-34-42-13-14-43(35-74)76(42)62(82)85-63(2,3)4)70-59(69-56)84-37-64-24-8-26-75(64)44(19-25-64)36-83-61(81)73-29-22-41(23-30-73)72-27-20-38(21-28-72)31-39-11-16-49-51(32-39)71(5)60(80)77(49)50-17-18-52(78)68-58(50)79/h1,7,9-12,15-16,32-33,38,41-44,50H,8,13-14,17-31,34-37H2,2-5H3,(H,68,78,79)/t42?,43?,44-,50?,64-/m0/s1. The number of ether oxygens (including phenoxy) is 3. The predicted octanol–water partition coefficient (Wildman–Crippen LogP) is 8.26. The molecule has 85 heavy (non-hydrogen) atoms. The van der Waals surface area contributed by atoms with E-state index in [1.54, 1.807) is 42.1 Å². The molecule has 7 aliphatic heterocycles. The monoisotopic (exact) mass is 1160 g/mol. The minimum absolute atomic E-state index is 0.00300. The zero-order valence-corrected chi connectivity index (χ0v) is 48.8. The maximum absolute atomic E-state index is 17.5. The highest BCUT2D eigenvalue weighted by molar-refractivity contribution is 6.02. The van der Waals surface area contributed by atoms with Crippen molar-refractivity contribution in [2.75, 3.05) is 63.9 Å². The average Bonchev–Trinajstić information content (AvgIpc) is 2.17. The van der Waals surface area contributed by atoms with E-state index >= 15 is 8.78 Å². The van der Waals surface area contributed by atoms with Crippen LogP contribution in [0.2, 0.25) is 0 Å². The first kappa shape index (κ1) is 56.4. The summed E-state index contributed by atoms with van der Waals surface area (Å²) in [6.07, 6.45) is 17.0. The third-order valence-electron chi connectivity index (χ3n) is 19.4. The maximum Gasteiger partial charge on any atom is 0.410 e. The summed E-state index contributed by atoms with van der Waals surface area (Å²) in [5.41, 5.74) is 1.63. The lowest BCUT2D eigenvalue weighted by Gasteiger charge is -2.42. The molecular weight excluding hydrogens is 1090 g/mol. The number of rotatable bonds is 11. The Labute approximate surface area is 491 Å². The second kappa shape index (κ2) is 22.3. The molecule has 7 aliphatic rings. The number of carbonyl (C=O) groups excluding carboxylic acids is 4. The Kier molecular flexibility index (Phi) is 14.8. The molecule has 3 aromatic carbocycles. The summed E-state index contributed by atoms with van der Waals surface area (Å²) in [6.45, 7) is 11.0. The van der Waals surface area contributed by atoms with Crippen molar-refractivity contribution in [1.29, 1.82) is 0 Å². The average molecular weight is 1160 g/mol. The number of aromatic nitrogens is 5. The molecule has 5 atom stereocenters. The number of pyridine rings is 1. The van der Waals surface area contributed by atoms with Gasteiger partial charge in [0.15, 0.2) is 5.82 Å². The Balaban J connectivity index is 0.645. The summed E-state index contributed by atoms with van der Waals surface area (Å²) in [5, 5.41) is 3.76. The van der Waals surface area contributed by atoms with E-state index in [0.717, 1.165) is 101 Å². The Bertz CT molecular complexity index is 3750. The van der Waals surface area contributed by atoms with Gasteiger partial charge in [-0.1, -0.05) is 36.3 Å². The van der Waals surface area contributed by atoms with Gasteiger partial charge in [0.1, 0.15) is 47.7 Å². The molecule has 2 bridgehead atoms. The number of imide groups is 1. The van der Waals surface area contributed by atoms with Gasteiger partial charge in [0.25, 0.3) is 0 Å². The van der Waals surface area contributed by atoms with Crippen LogP contribution in [0.1, 0.15) is 115 Å². The van der Waals surface area contributed by atoms with Crippen LogP contribution >= 0.6 is 0 Å². The number of likely N-dealkylation sites (tertiary alicyclic amines) is 2. The Morgan fingerprint density at radius 2 is 1.64 bits per heavy atom.